The number of benzene rings is 1. The molecule has 11 heteroatoms. The van der Waals surface area contributed by atoms with Crippen LogP contribution in [-0.2, 0) is 0 Å². The van der Waals surface area contributed by atoms with E-state index in [0.29, 0.717) is 36.3 Å². The number of hydrogen-bond acceptors (Lipinski definition) is 7. The molecule has 3 aromatic rings. The Morgan fingerprint density at radius 2 is 2.00 bits per heavy atom. The van der Waals surface area contributed by atoms with Crippen molar-refractivity contribution in [2.24, 2.45) is 5.92 Å². The minimum Gasteiger partial charge on any atom is -0.496 e. The number of halogens is 3. The van der Waals surface area contributed by atoms with Crippen molar-refractivity contribution < 1.29 is 27.2 Å². The summed E-state index contributed by atoms with van der Waals surface area (Å²) in [6, 6.07) is 5.18. The normalized spacial score (nSPS) is 19.7. The summed E-state index contributed by atoms with van der Waals surface area (Å²) in [7, 11) is 1.51. The Hall–Kier alpha value is -2.82. The van der Waals surface area contributed by atoms with Crippen LogP contribution < -0.4 is 15.2 Å². The topological polar surface area (TPSA) is 90.2 Å². The molecule has 0 spiro atoms. The van der Waals surface area contributed by atoms with Crippen LogP contribution in [0.5, 0.6) is 11.5 Å². The number of hydrogen-bond donors (Lipinski definition) is 1. The van der Waals surface area contributed by atoms with Crippen LogP contribution in [0.4, 0.5) is 13.2 Å². The highest BCUT2D eigenvalue weighted by atomic mass is 32.1. The zero-order valence-electron chi connectivity index (χ0n) is 19.1. The number of thiazole rings is 1. The SMILES string of the molecule is CCC(Oc1ccc(-c2noc(=O)[nH]2)c(OC)c1)c1sc([C@H]2CC[C@H](C(F)(F)F)CC2)nc1C. The van der Waals surface area contributed by atoms with E-state index in [0.717, 1.165) is 15.6 Å². The molecule has 0 amide bonds. The number of H-pyrrole nitrogens is 1. The van der Waals surface area contributed by atoms with Crippen molar-refractivity contribution in [1.29, 1.82) is 0 Å². The maximum atomic E-state index is 13.0. The van der Waals surface area contributed by atoms with Gasteiger partial charge in [-0.25, -0.2) is 9.78 Å². The van der Waals surface area contributed by atoms with Crippen LogP contribution in [0, 0.1) is 12.8 Å². The standard InChI is InChI=1S/C23H26F3N3O4S/c1-4-17(32-15-9-10-16(18(11-15)31-3)20-28-22(30)33-29-20)19-12(2)27-21(34-19)13-5-7-14(8-6-13)23(24,25)26/h9-11,13-14,17H,4-8H2,1-3H3,(H,28,29,30)/t13-,14-,17?. The molecule has 0 radical (unpaired) electrons. The lowest BCUT2D eigenvalue weighted by Crippen LogP contribution is -2.27. The molecule has 1 aromatic carbocycles. The van der Waals surface area contributed by atoms with Crippen LogP contribution >= 0.6 is 11.3 Å². The molecule has 0 bridgehead atoms. The molecule has 0 aliphatic heterocycles. The van der Waals surface area contributed by atoms with E-state index in [-0.39, 0.29) is 30.7 Å². The van der Waals surface area contributed by atoms with E-state index < -0.39 is 17.9 Å². The molecule has 184 valence electrons. The van der Waals surface area contributed by atoms with E-state index in [9.17, 15) is 18.0 Å². The van der Waals surface area contributed by atoms with Gasteiger partial charge in [0.1, 0.15) is 17.6 Å². The van der Waals surface area contributed by atoms with Crippen LogP contribution in [0.25, 0.3) is 11.4 Å². The third kappa shape index (κ3) is 5.13. The van der Waals surface area contributed by atoms with Gasteiger partial charge in [0.25, 0.3) is 0 Å². The van der Waals surface area contributed by atoms with Crippen molar-refractivity contribution in [3.05, 3.63) is 44.3 Å². The molecule has 2 heterocycles. The smallest absolute Gasteiger partial charge is 0.439 e. The molecule has 4 rings (SSSR count). The molecule has 1 saturated carbocycles. The molecule has 7 nitrogen and oxygen atoms in total. The maximum absolute atomic E-state index is 13.0. The summed E-state index contributed by atoms with van der Waals surface area (Å²) < 4.78 is 55.3. The number of rotatable bonds is 7. The predicted molar refractivity (Wildman–Crippen MR) is 120 cm³/mol. The monoisotopic (exact) mass is 497 g/mol. The number of alkyl halides is 3. The largest absolute Gasteiger partial charge is 0.496 e. The molecule has 1 aliphatic rings. The molecule has 0 saturated heterocycles. The van der Waals surface area contributed by atoms with Gasteiger partial charge in [0.15, 0.2) is 5.82 Å². The Bertz CT molecular complexity index is 1180. The fourth-order valence-electron chi connectivity index (χ4n) is 4.34. The summed E-state index contributed by atoms with van der Waals surface area (Å²) in [6.07, 6.45) is -2.40. The molecular formula is C23H26F3N3O4S. The number of aromatic amines is 1. The zero-order chi connectivity index (χ0) is 24.5. The van der Waals surface area contributed by atoms with Gasteiger partial charge in [0.2, 0.25) is 0 Å². The Labute approximate surface area is 198 Å². The van der Waals surface area contributed by atoms with Gasteiger partial charge in [-0.15, -0.1) is 11.3 Å². The van der Waals surface area contributed by atoms with Gasteiger partial charge in [-0.3, -0.25) is 9.51 Å². The molecule has 2 aromatic heterocycles. The number of methoxy groups -OCH3 is 1. The highest BCUT2D eigenvalue weighted by molar-refractivity contribution is 7.11. The van der Waals surface area contributed by atoms with Gasteiger partial charge in [0, 0.05) is 12.0 Å². The summed E-state index contributed by atoms with van der Waals surface area (Å²) in [4.78, 5) is 19.4. The summed E-state index contributed by atoms with van der Waals surface area (Å²) in [6.45, 7) is 3.91. The lowest BCUT2D eigenvalue weighted by atomic mass is 9.82. The van der Waals surface area contributed by atoms with Gasteiger partial charge < -0.3 is 9.47 Å². The minimum absolute atomic E-state index is 0.0533. The lowest BCUT2D eigenvalue weighted by Gasteiger charge is -2.28. The van der Waals surface area contributed by atoms with E-state index in [4.69, 9.17) is 14.5 Å². The second-order valence-electron chi connectivity index (χ2n) is 8.41. The summed E-state index contributed by atoms with van der Waals surface area (Å²) >= 11 is 1.53. The van der Waals surface area contributed by atoms with Crippen LogP contribution in [-0.4, -0.2) is 28.4 Å². The maximum Gasteiger partial charge on any atom is 0.439 e. The fraction of sp³-hybridized carbons (Fsp3) is 0.522. The molecule has 1 N–H and O–H groups in total. The van der Waals surface area contributed by atoms with E-state index in [1.54, 1.807) is 18.2 Å². The average Bonchev–Trinajstić information content (AvgIpc) is 3.42. The Kier molecular flexibility index (Phi) is 7.01. The molecule has 1 aliphatic carbocycles. The fourth-order valence-corrected chi connectivity index (χ4v) is 5.69. The molecule has 34 heavy (non-hydrogen) atoms. The average molecular weight is 498 g/mol. The summed E-state index contributed by atoms with van der Waals surface area (Å²) in [5.41, 5.74) is 1.40. The summed E-state index contributed by atoms with van der Waals surface area (Å²) in [5.74, 6) is -0.532. The first-order valence-electron chi connectivity index (χ1n) is 11.1. The quantitative estimate of drug-likeness (QED) is 0.420. The van der Waals surface area contributed by atoms with Crippen LogP contribution in [0.2, 0.25) is 0 Å². The van der Waals surface area contributed by atoms with E-state index in [1.807, 2.05) is 13.8 Å². The Balaban J connectivity index is 1.50. The number of ether oxygens (including phenoxy) is 2. The summed E-state index contributed by atoms with van der Waals surface area (Å²) in [5, 5.41) is 4.58. The van der Waals surface area contributed by atoms with Gasteiger partial charge in [0.05, 0.1) is 34.2 Å². The molecule has 1 atom stereocenters. The number of aromatic nitrogens is 3. The van der Waals surface area contributed by atoms with E-state index in [1.165, 1.54) is 18.4 Å². The van der Waals surface area contributed by atoms with E-state index in [2.05, 4.69) is 14.7 Å². The first-order chi connectivity index (χ1) is 16.2. The van der Waals surface area contributed by atoms with Crippen LogP contribution in [0.1, 0.15) is 66.6 Å². The van der Waals surface area contributed by atoms with Crippen molar-refractivity contribution >= 4 is 11.3 Å². The highest BCUT2D eigenvalue weighted by Crippen LogP contribution is 2.45. The number of aryl methyl sites for hydroxylation is 1. The minimum atomic E-state index is -4.12. The lowest BCUT2D eigenvalue weighted by molar-refractivity contribution is -0.182. The van der Waals surface area contributed by atoms with E-state index >= 15 is 0 Å². The van der Waals surface area contributed by atoms with Gasteiger partial charge in [-0.05, 0) is 51.2 Å². The van der Waals surface area contributed by atoms with Gasteiger partial charge in [-0.2, -0.15) is 13.2 Å². The first kappa shape index (κ1) is 24.3. The second-order valence-corrected chi connectivity index (χ2v) is 9.47. The third-order valence-corrected chi connectivity index (χ3v) is 7.61. The molecule has 1 unspecified atom stereocenters. The zero-order valence-corrected chi connectivity index (χ0v) is 19.9. The highest BCUT2D eigenvalue weighted by Gasteiger charge is 2.42. The number of nitrogens with zero attached hydrogens (tertiary/aromatic N) is 2. The Morgan fingerprint density at radius 1 is 1.26 bits per heavy atom. The van der Waals surface area contributed by atoms with Crippen molar-refractivity contribution in [3.8, 4) is 22.9 Å². The molecule has 1 fully saturated rings. The van der Waals surface area contributed by atoms with Crippen molar-refractivity contribution in [2.45, 2.75) is 64.1 Å². The third-order valence-electron chi connectivity index (χ3n) is 6.20. The van der Waals surface area contributed by atoms with Gasteiger partial charge >= 0.3 is 11.9 Å². The van der Waals surface area contributed by atoms with Crippen molar-refractivity contribution in [3.63, 3.8) is 0 Å². The van der Waals surface area contributed by atoms with Crippen LogP contribution in [0.15, 0.2) is 27.5 Å². The van der Waals surface area contributed by atoms with Crippen molar-refractivity contribution in [2.75, 3.05) is 7.11 Å². The Morgan fingerprint density at radius 3 is 2.59 bits per heavy atom. The van der Waals surface area contributed by atoms with Crippen molar-refractivity contribution in [1.82, 2.24) is 15.1 Å². The second kappa shape index (κ2) is 9.81. The van der Waals surface area contributed by atoms with Crippen LogP contribution in [0.3, 0.4) is 0 Å². The number of nitrogens with one attached hydrogen (secondary N) is 1. The first-order valence-corrected chi connectivity index (χ1v) is 12.0. The predicted octanol–water partition coefficient (Wildman–Crippen LogP) is 6.17. The van der Waals surface area contributed by atoms with Gasteiger partial charge in [-0.1, -0.05) is 12.1 Å². The molecular weight excluding hydrogens is 471 g/mol.